The summed E-state index contributed by atoms with van der Waals surface area (Å²) >= 11 is 1.84. The molecule has 1 amide bonds. The minimum Gasteiger partial charge on any atom is -0.462 e. The molecule has 1 heterocycles. The number of carbonyl (C=O) groups is 2. The Morgan fingerprint density at radius 2 is 1.79 bits per heavy atom. The third kappa shape index (κ3) is 2.64. The summed E-state index contributed by atoms with van der Waals surface area (Å²) in [5.74, 6) is -1.29. The van der Waals surface area contributed by atoms with Crippen LogP contribution < -0.4 is 0 Å². The van der Waals surface area contributed by atoms with E-state index in [2.05, 4.69) is 18.6 Å². The van der Waals surface area contributed by atoms with Crippen LogP contribution in [0.3, 0.4) is 0 Å². The zero-order chi connectivity index (χ0) is 10.7. The van der Waals surface area contributed by atoms with Crippen molar-refractivity contribution in [3.05, 3.63) is 0 Å². The summed E-state index contributed by atoms with van der Waals surface area (Å²) in [6.45, 7) is 5.36. The molecule has 0 aromatic rings. The van der Waals surface area contributed by atoms with E-state index in [4.69, 9.17) is 0 Å². The van der Waals surface area contributed by atoms with E-state index in [0.717, 1.165) is 0 Å². The molecule has 0 bridgehead atoms. The number of carbonyl (C=O) groups excluding carboxylic acids is 2. The van der Waals surface area contributed by atoms with Crippen molar-refractivity contribution in [3.63, 3.8) is 0 Å². The molecule has 2 unspecified atom stereocenters. The number of methoxy groups -OCH3 is 1. The van der Waals surface area contributed by atoms with E-state index in [9.17, 15) is 9.59 Å². The first-order valence-electron chi connectivity index (χ1n) is 4.57. The average molecular weight is 217 g/mol. The Bertz CT molecular complexity index is 234. The Balaban J connectivity index is 2.59. The predicted octanol–water partition coefficient (Wildman–Crippen LogP) is 0.512. The topological polar surface area (TPSA) is 46.6 Å². The minimum atomic E-state index is -0.767. The van der Waals surface area contributed by atoms with E-state index in [1.165, 1.54) is 7.11 Å². The molecule has 80 valence electrons. The van der Waals surface area contributed by atoms with Crippen LogP contribution in [0, 0.1) is 0 Å². The van der Waals surface area contributed by atoms with Gasteiger partial charge < -0.3 is 9.64 Å². The average Bonchev–Trinajstić information content (AvgIpc) is 2.14. The maximum Gasteiger partial charge on any atom is 0.396 e. The van der Waals surface area contributed by atoms with Gasteiger partial charge in [-0.25, -0.2) is 4.79 Å². The number of nitrogens with zero attached hydrogens (tertiary/aromatic N) is 1. The van der Waals surface area contributed by atoms with Gasteiger partial charge in [-0.1, -0.05) is 13.8 Å². The fourth-order valence-corrected chi connectivity index (χ4v) is 2.89. The lowest BCUT2D eigenvalue weighted by molar-refractivity contribution is -0.158. The number of thioether (sulfide) groups is 1. The molecule has 0 spiro atoms. The Morgan fingerprint density at radius 3 is 2.21 bits per heavy atom. The van der Waals surface area contributed by atoms with Gasteiger partial charge in [0.2, 0.25) is 0 Å². The first kappa shape index (κ1) is 11.4. The maximum absolute atomic E-state index is 11.5. The van der Waals surface area contributed by atoms with Crippen LogP contribution in [0.1, 0.15) is 13.8 Å². The number of hydrogen-bond donors (Lipinski definition) is 0. The number of ether oxygens (including phenoxy) is 1. The fraction of sp³-hybridized carbons (Fsp3) is 0.778. The predicted molar refractivity (Wildman–Crippen MR) is 55.1 cm³/mol. The van der Waals surface area contributed by atoms with Crippen molar-refractivity contribution in [1.82, 2.24) is 4.90 Å². The molecular weight excluding hydrogens is 202 g/mol. The van der Waals surface area contributed by atoms with Crippen LogP contribution >= 0.6 is 11.8 Å². The number of hydrogen-bond acceptors (Lipinski definition) is 4. The van der Waals surface area contributed by atoms with Crippen molar-refractivity contribution in [2.45, 2.75) is 24.3 Å². The van der Waals surface area contributed by atoms with Crippen LogP contribution in [0.15, 0.2) is 0 Å². The second-order valence-electron chi connectivity index (χ2n) is 3.46. The normalized spacial score (nSPS) is 27.2. The van der Waals surface area contributed by atoms with Crippen LogP contribution in [-0.2, 0) is 14.3 Å². The summed E-state index contributed by atoms with van der Waals surface area (Å²) in [4.78, 5) is 24.0. The molecule has 1 fully saturated rings. The third-order valence-electron chi connectivity index (χ3n) is 2.07. The second-order valence-corrected chi connectivity index (χ2v) is 5.34. The molecular formula is C9H15NO3S. The minimum absolute atomic E-state index is 0.382. The summed E-state index contributed by atoms with van der Waals surface area (Å²) in [6, 6.07) is 0. The molecule has 0 aromatic heterocycles. The first-order valence-corrected chi connectivity index (χ1v) is 5.51. The molecule has 0 radical (unpaired) electrons. The van der Waals surface area contributed by atoms with Gasteiger partial charge in [-0.05, 0) is 0 Å². The molecule has 5 heteroatoms. The van der Waals surface area contributed by atoms with Crippen LogP contribution in [0.25, 0.3) is 0 Å². The molecule has 1 aliphatic heterocycles. The van der Waals surface area contributed by atoms with E-state index in [1.807, 2.05) is 11.8 Å². The van der Waals surface area contributed by atoms with E-state index < -0.39 is 11.9 Å². The van der Waals surface area contributed by atoms with Crippen molar-refractivity contribution >= 4 is 23.6 Å². The number of rotatable bonds is 0. The van der Waals surface area contributed by atoms with Gasteiger partial charge in [0.15, 0.2) is 0 Å². The summed E-state index contributed by atoms with van der Waals surface area (Å²) in [7, 11) is 1.23. The zero-order valence-corrected chi connectivity index (χ0v) is 9.47. The lowest BCUT2D eigenvalue weighted by Gasteiger charge is -2.33. The Kier molecular flexibility index (Phi) is 3.80. The number of esters is 1. The number of amides is 1. The molecule has 0 aromatic carbocycles. The standard InChI is InChI=1S/C9H15NO3S/c1-6-4-10(5-7(2)14-6)8(11)9(12)13-3/h6-7H,4-5H2,1-3H3. The summed E-state index contributed by atoms with van der Waals surface area (Å²) < 4.78 is 4.40. The highest BCUT2D eigenvalue weighted by atomic mass is 32.2. The molecule has 2 atom stereocenters. The van der Waals surface area contributed by atoms with Crippen molar-refractivity contribution in [1.29, 1.82) is 0 Å². The van der Waals surface area contributed by atoms with Crippen LogP contribution in [0.2, 0.25) is 0 Å². The molecule has 0 aliphatic carbocycles. The lowest BCUT2D eigenvalue weighted by Crippen LogP contribution is -2.47. The van der Waals surface area contributed by atoms with E-state index in [0.29, 0.717) is 23.6 Å². The monoisotopic (exact) mass is 217 g/mol. The van der Waals surface area contributed by atoms with E-state index in [-0.39, 0.29) is 0 Å². The second kappa shape index (κ2) is 4.68. The van der Waals surface area contributed by atoms with Crippen LogP contribution in [0.5, 0.6) is 0 Å². The molecule has 0 N–H and O–H groups in total. The van der Waals surface area contributed by atoms with Gasteiger partial charge in [0, 0.05) is 23.6 Å². The van der Waals surface area contributed by atoms with Crippen LogP contribution in [-0.4, -0.2) is 47.5 Å². The molecule has 1 aliphatic rings. The lowest BCUT2D eigenvalue weighted by atomic mass is 10.3. The molecule has 1 rings (SSSR count). The van der Waals surface area contributed by atoms with Gasteiger partial charge in [0.25, 0.3) is 0 Å². The Labute approximate surface area is 88.0 Å². The van der Waals surface area contributed by atoms with E-state index >= 15 is 0 Å². The van der Waals surface area contributed by atoms with Crippen molar-refractivity contribution in [2.24, 2.45) is 0 Å². The third-order valence-corrected chi connectivity index (χ3v) is 3.29. The zero-order valence-electron chi connectivity index (χ0n) is 8.65. The van der Waals surface area contributed by atoms with Gasteiger partial charge in [0.05, 0.1) is 7.11 Å². The van der Waals surface area contributed by atoms with Gasteiger partial charge in [0.1, 0.15) is 0 Å². The largest absolute Gasteiger partial charge is 0.462 e. The summed E-state index contributed by atoms with van der Waals surface area (Å²) in [5, 5.41) is 0.764. The molecule has 14 heavy (non-hydrogen) atoms. The molecule has 4 nitrogen and oxygen atoms in total. The van der Waals surface area contributed by atoms with Crippen molar-refractivity contribution < 1.29 is 14.3 Å². The fourth-order valence-electron chi connectivity index (χ4n) is 1.56. The van der Waals surface area contributed by atoms with Gasteiger partial charge in [-0.3, -0.25) is 4.79 Å². The summed E-state index contributed by atoms with van der Waals surface area (Å²) in [6.07, 6.45) is 0. The van der Waals surface area contributed by atoms with Crippen molar-refractivity contribution in [2.75, 3.05) is 20.2 Å². The quantitative estimate of drug-likeness (QED) is 0.438. The molecule has 1 saturated heterocycles. The highest BCUT2D eigenvalue weighted by molar-refractivity contribution is 8.00. The van der Waals surface area contributed by atoms with Gasteiger partial charge in [-0.2, -0.15) is 11.8 Å². The Hall–Kier alpha value is -0.710. The Morgan fingerprint density at radius 1 is 1.29 bits per heavy atom. The van der Waals surface area contributed by atoms with Gasteiger partial charge >= 0.3 is 11.9 Å². The molecule has 0 saturated carbocycles. The van der Waals surface area contributed by atoms with E-state index in [1.54, 1.807) is 4.90 Å². The smallest absolute Gasteiger partial charge is 0.396 e. The van der Waals surface area contributed by atoms with Gasteiger partial charge in [-0.15, -0.1) is 0 Å². The highest BCUT2D eigenvalue weighted by Gasteiger charge is 2.29. The maximum atomic E-state index is 11.5. The summed E-state index contributed by atoms with van der Waals surface area (Å²) in [5.41, 5.74) is 0. The van der Waals surface area contributed by atoms with Crippen molar-refractivity contribution in [3.8, 4) is 0 Å². The SMILES string of the molecule is COC(=O)C(=O)N1CC(C)SC(C)C1. The highest BCUT2D eigenvalue weighted by Crippen LogP contribution is 2.24. The first-order chi connectivity index (χ1) is 6.54. The van der Waals surface area contributed by atoms with Crippen LogP contribution in [0.4, 0.5) is 0 Å².